The molecule has 0 radical (unpaired) electrons. The summed E-state index contributed by atoms with van der Waals surface area (Å²) in [5.41, 5.74) is 1.70. The molecule has 3 heterocycles. The van der Waals surface area contributed by atoms with E-state index in [-0.39, 0.29) is 11.9 Å². The monoisotopic (exact) mass is 361 g/mol. The Morgan fingerprint density at radius 3 is 2.80 bits per heavy atom. The van der Waals surface area contributed by atoms with Gasteiger partial charge < -0.3 is 9.84 Å². The summed E-state index contributed by atoms with van der Waals surface area (Å²) < 4.78 is 5.15. The molecule has 1 atom stereocenters. The van der Waals surface area contributed by atoms with E-state index < -0.39 is 0 Å². The van der Waals surface area contributed by atoms with Crippen molar-refractivity contribution in [1.29, 1.82) is 0 Å². The van der Waals surface area contributed by atoms with Gasteiger partial charge in [-0.15, -0.1) is 11.3 Å². The van der Waals surface area contributed by atoms with Crippen LogP contribution in [-0.2, 0) is 11.2 Å². The van der Waals surface area contributed by atoms with Crippen LogP contribution in [0.25, 0.3) is 0 Å². The molecule has 1 aliphatic rings. The molecule has 2 aromatic rings. The molecule has 1 aliphatic heterocycles. The summed E-state index contributed by atoms with van der Waals surface area (Å²) in [6, 6.07) is 4.53. The number of aryl methyl sites for hydroxylation is 2. The molecular weight excluding hydrogens is 334 g/mol. The zero-order valence-electron chi connectivity index (χ0n) is 15.2. The Morgan fingerprint density at radius 2 is 2.20 bits per heavy atom. The molecule has 1 unspecified atom stereocenters. The highest BCUT2D eigenvalue weighted by Crippen LogP contribution is 2.29. The molecule has 1 amide bonds. The van der Waals surface area contributed by atoms with Gasteiger partial charge in [-0.2, -0.15) is 0 Å². The van der Waals surface area contributed by atoms with Crippen molar-refractivity contribution in [3.63, 3.8) is 0 Å². The summed E-state index contributed by atoms with van der Waals surface area (Å²) >= 11 is 1.77. The number of piperidine rings is 1. The minimum Gasteiger partial charge on any atom is -0.361 e. The number of carbonyl (C=O) groups excluding carboxylic acids is 1. The lowest BCUT2D eigenvalue weighted by molar-refractivity contribution is -0.120. The van der Waals surface area contributed by atoms with Gasteiger partial charge in [-0.25, -0.2) is 0 Å². The van der Waals surface area contributed by atoms with Gasteiger partial charge in [0.05, 0.1) is 18.2 Å². The number of carbonyl (C=O) groups is 1. The number of nitrogens with one attached hydrogen (secondary N) is 1. The number of amides is 1. The van der Waals surface area contributed by atoms with E-state index in [1.165, 1.54) is 17.7 Å². The molecule has 5 nitrogen and oxygen atoms in total. The molecule has 0 bridgehead atoms. The maximum absolute atomic E-state index is 12.4. The third-order valence-corrected chi connectivity index (χ3v) is 6.12. The standard InChI is InChI=1S/C19H27N3O2S/c1-13-6-8-22(9-7-13)17(18-5-4-10-25-18)12-20-19(23)11-16-14(2)21-24-15(16)3/h4-5,10,13,17H,6-9,11-12H2,1-3H3,(H,20,23). The van der Waals surface area contributed by atoms with Gasteiger partial charge in [-0.3, -0.25) is 9.69 Å². The fourth-order valence-corrected chi connectivity index (χ4v) is 4.28. The van der Waals surface area contributed by atoms with Crippen molar-refractivity contribution in [2.24, 2.45) is 5.92 Å². The number of rotatable bonds is 6. The first kappa shape index (κ1) is 18.1. The van der Waals surface area contributed by atoms with Crippen LogP contribution >= 0.6 is 11.3 Å². The minimum absolute atomic E-state index is 0.0290. The summed E-state index contributed by atoms with van der Waals surface area (Å²) in [4.78, 5) is 16.3. The Bertz CT molecular complexity index is 668. The Morgan fingerprint density at radius 1 is 1.44 bits per heavy atom. The molecule has 1 fully saturated rings. The van der Waals surface area contributed by atoms with Crippen molar-refractivity contribution in [2.75, 3.05) is 19.6 Å². The molecule has 3 rings (SSSR count). The van der Waals surface area contributed by atoms with Gasteiger partial charge in [0.15, 0.2) is 0 Å². The van der Waals surface area contributed by atoms with Crippen LogP contribution in [-0.4, -0.2) is 35.6 Å². The SMILES string of the molecule is Cc1noc(C)c1CC(=O)NCC(c1cccs1)N1CCC(C)CC1. The normalized spacial score (nSPS) is 17.6. The second kappa shape index (κ2) is 8.15. The fourth-order valence-electron chi connectivity index (χ4n) is 3.42. The first-order valence-electron chi connectivity index (χ1n) is 9.00. The number of thiophene rings is 1. The minimum atomic E-state index is 0.0290. The topological polar surface area (TPSA) is 58.4 Å². The van der Waals surface area contributed by atoms with Gasteiger partial charge >= 0.3 is 0 Å². The molecule has 136 valence electrons. The average Bonchev–Trinajstić information content (AvgIpc) is 3.22. The predicted molar refractivity (Wildman–Crippen MR) is 99.7 cm³/mol. The maximum Gasteiger partial charge on any atom is 0.224 e. The van der Waals surface area contributed by atoms with Gasteiger partial charge in [-0.1, -0.05) is 18.1 Å². The van der Waals surface area contributed by atoms with Crippen LogP contribution < -0.4 is 5.32 Å². The van der Waals surface area contributed by atoms with E-state index >= 15 is 0 Å². The summed E-state index contributed by atoms with van der Waals surface area (Å²) in [5.74, 6) is 1.56. The smallest absolute Gasteiger partial charge is 0.224 e. The van der Waals surface area contributed by atoms with E-state index in [1.807, 2.05) is 13.8 Å². The number of hydrogen-bond donors (Lipinski definition) is 1. The number of likely N-dealkylation sites (tertiary alicyclic amines) is 1. The largest absolute Gasteiger partial charge is 0.361 e. The van der Waals surface area contributed by atoms with Gasteiger partial charge in [0.2, 0.25) is 5.91 Å². The number of nitrogens with zero attached hydrogens (tertiary/aromatic N) is 2. The van der Waals surface area contributed by atoms with Gasteiger partial charge in [0.1, 0.15) is 5.76 Å². The first-order chi connectivity index (χ1) is 12.0. The van der Waals surface area contributed by atoms with Crippen molar-refractivity contribution < 1.29 is 9.32 Å². The summed E-state index contributed by atoms with van der Waals surface area (Å²) in [7, 11) is 0. The van der Waals surface area contributed by atoms with Crippen LogP contribution in [0.5, 0.6) is 0 Å². The van der Waals surface area contributed by atoms with Crippen LogP contribution in [0.15, 0.2) is 22.0 Å². The van der Waals surface area contributed by atoms with Crippen LogP contribution in [0.4, 0.5) is 0 Å². The Labute approximate surface area is 153 Å². The molecular formula is C19H27N3O2S. The number of hydrogen-bond acceptors (Lipinski definition) is 5. The first-order valence-corrected chi connectivity index (χ1v) is 9.88. The van der Waals surface area contributed by atoms with E-state index in [1.54, 1.807) is 11.3 Å². The lowest BCUT2D eigenvalue weighted by Gasteiger charge is -2.36. The van der Waals surface area contributed by atoms with Crippen molar-refractivity contribution in [2.45, 2.75) is 46.1 Å². The molecule has 2 aromatic heterocycles. The van der Waals surface area contributed by atoms with E-state index in [0.29, 0.717) is 13.0 Å². The lowest BCUT2D eigenvalue weighted by Crippen LogP contribution is -2.42. The maximum atomic E-state index is 12.4. The average molecular weight is 362 g/mol. The second-order valence-electron chi connectivity index (χ2n) is 7.03. The Balaban J connectivity index is 1.62. The van der Waals surface area contributed by atoms with Crippen LogP contribution in [0.2, 0.25) is 0 Å². The molecule has 0 aromatic carbocycles. The highest BCUT2D eigenvalue weighted by Gasteiger charge is 2.26. The van der Waals surface area contributed by atoms with Crippen molar-refractivity contribution in [1.82, 2.24) is 15.4 Å². The molecule has 25 heavy (non-hydrogen) atoms. The van der Waals surface area contributed by atoms with Crippen LogP contribution in [0, 0.1) is 19.8 Å². The fraction of sp³-hybridized carbons (Fsp3) is 0.579. The van der Waals surface area contributed by atoms with E-state index in [4.69, 9.17) is 4.52 Å². The van der Waals surface area contributed by atoms with Gasteiger partial charge in [0, 0.05) is 17.0 Å². The second-order valence-corrected chi connectivity index (χ2v) is 8.01. The molecule has 0 saturated carbocycles. The molecule has 0 spiro atoms. The molecule has 6 heteroatoms. The van der Waals surface area contributed by atoms with E-state index in [9.17, 15) is 4.79 Å². The van der Waals surface area contributed by atoms with E-state index in [2.05, 4.69) is 39.8 Å². The van der Waals surface area contributed by atoms with Gasteiger partial charge in [0.25, 0.3) is 0 Å². The highest BCUT2D eigenvalue weighted by atomic mass is 32.1. The third kappa shape index (κ3) is 4.50. The highest BCUT2D eigenvalue weighted by molar-refractivity contribution is 7.10. The number of aromatic nitrogens is 1. The molecule has 1 saturated heterocycles. The van der Waals surface area contributed by atoms with Crippen molar-refractivity contribution in [3.05, 3.63) is 39.4 Å². The van der Waals surface area contributed by atoms with E-state index in [0.717, 1.165) is 36.0 Å². The third-order valence-electron chi connectivity index (χ3n) is 5.14. The summed E-state index contributed by atoms with van der Waals surface area (Å²) in [6.45, 7) is 8.90. The summed E-state index contributed by atoms with van der Waals surface area (Å²) in [6.07, 6.45) is 2.79. The van der Waals surface area contributed by atoms with Crippen LogP contribution in [0.1, 0.15) is 47.7 Å². The summed E-state index contributed by atoms with van der Waals surface area (Å²) in [5, 5.41) is 9.16. The molecule has 1 N–H and O–H groups in total. The van der Waals surface area contributed by atoms with Crippen molar-refractivity contribution >= 4 is 17.2 Å². The molecule has 0 aliphatic carbocycles. The van der Waals surface area contributed by atoms with Crippen LogP contribution in [0.3, 0.4) is 0 Å². The quantitative estimate of drug-likeness (QED) is 0.856. The van der Waals surface area contributed by atoms with Crippen molar-refractivity contribution in [3.8, 4) is 0 Å². The Kier molecular flexibility index (Phi) is 5.91. The van der Waals surface area contributed by atoms with Gasteiger partial charge in [-0.05, 0) is 57.1 Å². The predicted octanol–water partition coefficient (Wildman–Crippen LogP) is 3.48. The lowest BCUT2D eigenvalue weighted by atomic mass is 9.97. The zero-order chi connectivity index (χ0) is 17.8. The zero-order valence-corrected chi connectivity index (χ0v) is 16.1. The Hall–Kier alpha value is -1.66.